The molecule has 4 heteroatoms. The molecule has 1 rings (SSSR count). The van der Waals surface area contributed by atoms with Gasteiger partial charge in [0.05, 0.1) is 0 Å². The molecular weight excluding hydrogens is 214 g/mol. The van der Waals surface area contributed by atoms with Crippen LogP contribution >= 0.6 is 0 Å². The molecular formula is C13H23N3O. The quantitative estimate of drug-likeness (QED) is 0.796. The van der Waals surface area contributed by atoms with Gasteiger partial charge in [-0.05, 0) is 32.1 Å². The van der Waals surface area contributed by atoms with E-state index in [4.69, 9.17) is 0 Å². The minimum Gasteiger partial charge on any atom is -0.319 e. The highest BCUT2D eigenvalue weighted by atomic mass is 16.1. The van der Waals surface area contributed by atoms with Crippen LogP contribution in [0.25, 0.3) is 0 Å². The van der Waals surface area contributed by atoms with Crippen LogP contribution in [-0.2, 0) is 13.6 Å². The minimum absolute atomic E-state index is 0.0441. The number of rotatable bonds is 6. The average Bonchev–Trinajstić information content (AvgIpc) is 2.30. The van der Waals surface area contributed by atoms with Crippen LogP contribution in [0, 0.1) is 0 Å². The summed E-state index contributed by atoms with van der Waals surface area (Å²) in [6, 6.07) is 4.08. The van der Waals surface area contributed by atoms with Crippen LogP contribution in [-0.4, -0.2) is 35.6 Å². The molecule has 0 spiro atoms. The number of nitrogens with one attached hydrogen (secondary N) is 1. The maximum atomic E-state index is 11.4. The Bertz CT molecular complexity index is 400. The van der Waals surface area contributed by atoms with E-state index in [9.17, 15) is 4.79 Å². The topological polar surface area (TPSA) is 37.3 Å². The van der Waals surface area contributed by atoms with Gasteiger partial charge >= 0.3 is 0 Å². The first-order valence-electron chi connectivity index (χ1n) is 6.10. The zero-order valence-electron chi connectivity index (χ0n) is 11.2. The van der Waals surface area contributed by atoms with Gasteiger partial charge in [-0.25, -0.2) is 0 Å². The van der Waals surface area contributed by atoms with Crippen LogP contribution in [0.15, 0.2) is 23.1 Å². The van der Waals surface area contributed by atoms with Crippen molar-refractivity contribution in [3.63, 3.8) is 0 Å². The van der Waals surface area contributed by atoms with Crippen molar-refractivity contribution in [2.45, 2.75) is 26.4 Å². The third kappa shape index (κ3) is 4.71. The van der Waals surface area contributed by atoms with Crippen LogP contribution in [0.2, 0.25) is 0 Å². The lowest BCUT2D eigenvalue weighted by atomic mass is 10.2. The van der Waals surface area contributed by atoms with Gasteiger partial charge in [-0.1, -0.05) is 6.92 Å². The molecule has 4 nitrogen and oxygen atoms in total. The third-order valence-corrected chi connectivity index (χ3v) is 2.95. The first-order chi connectivity index (χ1) is 8.02. The van der Waals surface area contributed by atoms with Crippen molar-refractivity contribution in [1.29, 1.82) is 0 Å². The molecule has 0 radical (unpaired) electrons. The molecule has 17 heavy (non-hydrogen) atoms. The summed E-state index contributed by atoms with van der Waals surface area (Å²) < 4.78 is 1.58. The highest BCUT2D eigenvalue weighted by Crippen LogP contribution is 1.96. The van der Waals surface area contributed by atoms with Gasteiger partial charge < -0.3 is 14.8 Å². The lowest BCUT2D eigenvalue weighted by Gasteiger charge is -2.20. The summed E-state index contributed by atoms with van der Waals surface area (Å²) in [4.78, 5) is 13.7. The summed E-state index contributed by atoms with van der Waals surface area (Å²) in [5.41, 5.74) is 1.08. The van der Waals surface area contributed by atoms with Crippen LogP contribution < -0.4 is 10.9 Å². The summed E-state index contributed by atoms with van der Waals surface area (Å²) >= 11 is 0. The molecule has 0 aliphatic rings. The number of pyridine rings is 1. The molecule has 0 bridgehead atoms. The second-order valence-corrected chi connectivity index (χ2v) is 4.62. The summed E-state index contributed by atoms with van der Waals surface area (Å²) in [6.07, 6.45) is 1.81. The number of aromatic nitrogens is 1. The Morgan fingerprint density at radius 1 is 1.53 bits per heavy atom. The van der Waals surface area contributed by atoms with Crippen LogP contribution in [0.4, 0.5) is 0 Å². The van der Waals surface area contributed by atoms with E-state index in [1.165, 1.54) is 0 Å². The largest absolute Gasteiger partial charge is 0.319 e. The molecule has 1 atom stereocenters. The van der Waals surface area contributed by atoms with Gasteiger partial charge in [0.25, 0.3) is 5.56 Å². The lowest BCUT2D eigenvalue weighted by Crippen LogP contribution is -2.37. The molecule has 0 amide bonds. The second-order valence-electron chi connectivity index (χ2n) is 4.62. The number of hydrogen-bond donors (Lipinski definition) is 1. The molecule has 0 saturated carbocycles. The van der Waals surface area contributed by atoms with E-state index in [1.807, 2.05) is 12.3 Å². The maximum absolute atomic E-state index is 11.4. The Kier molecular flexibility index (Phi) is 5.38. The summed E-state index contributed by atoms with van der Waals surface area (Å²) in [5, 5.41) is 3.42. The summed E-state index contributed by atoms with van der Waals surface area (Å²) in [6.45, 7) is 7.12. The Labute approximate surface area is 103 Å². The van der Waals surface area contributed by atoms with Crippen molar-refractivity contribution in [2.75, 3.05) is 20.1 Å². The van der Waals surface area contributed by atoms with Crippen molar-refractivity contribution < 1.29 is 0 Å². The Hall–Kier alpha value is -1.13. The number of hydrogen-bond acceptors (Lipinski definition) is 3. The van der Waals surface area contributed by atoms with Crippen LogP contribution in [0.3, 0.4) is 0 Å². The third-order valence-electron chi connectivity index (χ3n) is 2.95. The van der Waals surface area contributed by atoms with E-state index in [0.717, 1.165) is 25.2 Å². The predicted octanol–water partition coefficient (Wildman–Crippen LogP) is 0.815. The van der Waals surface area contributed by atoms with Crippen LogP contribution in [0.1, 0.15) is 19.4 Å². The summed E-state index contributed by atoms with van der Waals surface area (Å²) in [7, 11) is 3.87. The molecule has 1 aromatic rings. The summed E-state index contributed by atoms with van der Waals surface area (Å²) in [5.74, 6) is 0. The van der Waals surface area contributed by atoms with E-state index in [0.29, 0.717) is 6.04 Å². The van der Waals surface area contributed by atoms with E-state index in [-0.39, 0.29) is 5.56 Å². The van der Waals surface area contributed by atoms with Crippen molar-refractivity contribution in [3.8, 4) is 0 Å². The van der Waals surface area contributed by atoms with Gasteiger partial charge in [0, 0.05) is 38.4 Å². The zero-order chi connectivity index (χ0) is 12.8. The van der Waals surface area contributed by atoms with Crippen molar-refractivity contribution in [1.82, 2.24) is 14.8 Å². The van der Waals surface area contributed by atoms with Gasteiger partial charge in [-0.3, -0.25) is 4.79 Å². The maximum Gasteiger partial charge on any atom is 0.250 e. The van der Waals surface area contributed by atoms with Gasteiger partial charge in [0.2, 0.25) is 0 Å². The zero-order valence-corrected chi connectivity index (χ0v) is 11.2. The average molecular weight is 237 g/mol. The van der Waals surface area contributed by atoms with E-state index in [2.05, 4.69) is 31.1 Å². The Morgan fingerprint density at radius 3 is 2.82 bits per heavy atom. The van der Waals surface area contributed by atoms with Crippen molar-refractivity contribution in [3.05, 3.63) is 34.2 Å². The normalized spacial score (nSPS) is 13.0. The second kappa shape index (κ2) is 6.57. The first-order valence-corrected chi connectivity index (χ1v) is 6.10. The smallest absolute Gasteiger partial charge is 0.250 e. The molecule has 0 aliphatic carbocycles. The van der Waals surface area contributed by atoms with Crippen LogP contribution in [0.5, 0.6) is 0 Å². The first kappa shape index (κ1) is 13.9. The van der Waals surface area contributed by atoms with E-state index >= 15 is 0 Å². The molecule has 0 aliphatic heterocycles. The number of likely N-dealkylation sites (N-methyl/N-ethyl adjacent to an activating group) is 1. The van der Waals surface area contributed by atoms with Gasteiger partial charge in [-0.2, -0.15) is 0 Å². The molecule has 96 valence electrons. The van der Waals surface area contributed by atoms with E-state index in [1.54, 1.807) is 17.7 Å². The fourth-order valence-corrected chi connectivity index (χ4v) is 1.65. The molecule has 0 fully saturated rings. The van der Waals surface area contributed by atoms with Crippen molar-refractivity contribution in [2.24, 2.45) is 7.05 Å². The minimum atomic E-state index is 0.0441. The SMILES string of the molecule is CCN(C)CC(C)NCc1ccn(C)c(=O)c1. The molecule has 1 N–H and O–H groups in total. The number of aryl methyl sites for hydroxylation is 1. The molecule has 1 unspecified atom stereocenters. The standard InChI is InChI=1S/C13H23N3O/c1-5-15(3)10-11(2)14-9-12-6-7-16(4)13(17)8-12/h6-8,11,14H,5,9-10H2,1-4H3. The number of nitrogens with zero attached hydrogens (tertiary/aromatic N) is 2. The monoisotopic (exact) mass is 237 g/mol. The van der Waals surface area contributed by atoms with Gasteiger partial charge in [-0.15, -0.1) is 0 Å². The highest BCUT2D eigenvalue weighted by molar-refractivity contribution is 5.10. The van der Waals surface area contributed by atoms with Crippen molar-refractivity contribution >= 4 is 0 Å². The van der Waals surface area contributed by atoms with E-state index < -0.39 is 0 Å². The molecule has 0 aromatic carbocycles. The van der Waals surface area contributed by atoms with Gasteiger partial charge in [0.1, 0.15) is 0 Å². The fraction of sp³-hybridized carbons (Fsp3) is 0.615. The Balaban J connectivity index is 2.44. The highest BCUT2D eigenvalue weighted by Gasteiger charge is 2.04. The fourth-order valence-electron chi connectivity index (χ4n) is 1.65. The predicted molar refractivity (Wildman–Crippen MR) is 71.2 cm³/mol. The lowest BCUT2D eigenvalue weighted by molar-refractivity contribution is 0.309. The van der Waals surface area contributed by atoms with Gasteiger partial charge in [0.15, 0.2) is 0 Å². The molecule has 0 saturated heterocycles. The molecule has 1 aromatic heterocycles. The molecule has 1 heterocycles. The Morgan fingerprint density at radius 2 is 2.24 bits per heavy atom.